The first-order valence-corrected chi connectivity index (χ1v) is 10.9. The first kappa shape index (κ1) is 23.4. The van der Waals surface area contributed by atoms with Gasteiger partial charge in [0.25, 0.3) is 5.91 Å². The number of hydrogen-bond acceptors (Lipinski definition) is 6. The number of aromatic nitrogens is 1. The largest absolute Gasteiger partial charge is 0.485 e. The molecule has 35 heavy (non-hydrogen) atoms. The second-order valence-corrected chi connectivity index (χ2v) is 7.62. The van der Waals surface area contributed by atoms with Crippen LogP contribution in [0.4, 0.5) is 0 Å². The number of fused-ring (bicyclic) bond motifs is 1. The number of aromatic amines is 1. The second kappa shape index (κ2) is 10.9. The minimum absolute atomic E-state index is 0.0362. The Hall–Kier alpha value is -4.77. The molecule has 0 saturated carbocycles. The fourth-order valence-electron chi connectivity index (χ4n) is 3.59. The fraction of sp³-hybridized carbons (Fsp3) is 0.148. The van der Waals surface area contributed by atoms with Crippen LogP contribution in [0, 0.1) is 11.3 Å². The Kier molecular flexibility index (Phi) is 7.28. The lowest BCUT2D eigenvalue weighted by atomic mass is 10.1. The van der Waals surface area contributed by atoms with E-state index in [4.69, 9.17) is 9.15 Å². The molecule has 0 radical (unpaired) electrons. The quantitative estimate of drug-likeness (QED) is 0.213. The van der Waals surface area contributed by atoms with Gasteiger partial charge >= 0.3 is 5.97 Å². The molecule has 8 heteroatoms. The van der Waals surface area contributed by atoms with E-state index in [1.807, 2.05) is 36.5 Å². The number of amides is 1. The standard InChI is InChI=1S/C27H23N3O5/c1-33-27(32)25-11-10-21(35-25)17-34-24-9-5-2-6-18(24)14-20(15-28)26(31)29-13-12-19-16-30-23-8-4-3-7-22(19)23/h2-11,14,16,30H,12-13,17H2,1H3,(H,29,31)/b20-14-. The van der Waals surface area contributed by atoms with Gasteiger partial charge in [0, 0.05) is 29.2 Å². The highest BCUT2D eigenvalue weighted by molar-refractivity contribution is 6.02. The van der Waals surface area contributed by atoms with Crippen LogP contribution in [0.25, 0.3) is 17.0 Å². The summed E-state index contributed by atoms with van der Waals surface area (Å²) in [5.41, 5.74) is 2.66. The molecule has 0 aliphatic heterocycles. The number of methoxy groups -OCH3 is 1. The van der Waals surface area contributed by atoms with Gasteiger partial charge < -0.3 is 24.2 Å². The molecule has 0 aliphatic carbocycles. The molecule has 2 heterocycles. The molecular formula is C27H23N3O5. The molecule has 2 aromatic carbocycles. The van der Waals surface area contributed by atoms with Crippen LogP contribution < -0.4 is 10.1 Å². The normalized spacial score (nSPS) is 11.1. The monoisotopic (exact) mass is 469 g/mol. The van der Waals surface area contributed by atoms with Gasteiger partial charge in [0.2, 0.25) is 5.76 Å². The van der Waals surface area contributed by atoms with E-state index in [2.05, 4.69) is 15.0 Å². The zero-order valence-electron chi connectivity index (χ0n) is 19.0. The van der Waals surface area contributed by atoms with E-state index in [0.29, 0.717) is 30.0 Å². The van der Waals surface area contributed by atoms with Crippen molar-refractivity contribution in [2.45, 2.75) is 13.0 Å². The Balaban J connectivity index is 1.40. The van der Waals surface area contributed by atoms with Crippen molar-refractivity contribution in [1.29, 1.82) is 5.26 Å². The molecule has 1 amide bonds. The summed E-state index contributed by atoms with van der Waals surface area (Å²) in [5.74, 6) is -0.0669. The van der Waals surface area contributed by atoms with Gasteiger partial charge in [-0.1, -0.05) is 36.4 Å². The van der Waals surface area contributed by atoms with E-state index in [-0.39, 0.29) is 17.9 Å². The van der Waals surface area contributed by atoms with Gasteiger partial charge in [0.05, 0.1) is 7.11 Å². The summed E-state index contributed by atoms with van der Waals surface area (Å²) in [6.45, 7) is 0.444. The smallest absolute Gasteiger partial charge is 0.373 e. The van der Waals surface area contributed by atoms with Crippen molar-refractivity contribution in [3.63, 3.8) is 0 Å². The van der Waals surface area contributed by atoms with E-state index in [9.17, 15) is 14.9 Å². The van der Waals surface area contributed by atoms with Gasteiger partial charge in [-0.25, -0.2) is 4.79 Å². The summed E-state index contributed by atoms with van der Waals surface area (Å²) < 4.78 is 15.8. The van der Waals surface area contributed by atoms with Crippen LogP contribution in [0.15, 0.2) is 76.9 Å². The third-order valence-corrected chi connectivity index (χ3v) is 5.36. The molecule has 0 aliphatic rings. The van der Waals surface area contributed by atoms with E-state index in [1.165, 1.54) is 19.3 Å². The maximum atomic E-state index is 12.6. The first-order valence-electron chi connectivity index (χ1n) is 10.9. The Morgan fingerprint density at radius 1 is 1.11 bits per heavy atom. The van der Waals surface area contributed by atoms with Crippen molar-refractivity contribution in [3.05, 3.63) is 95.1 Å². The molecule has 0 saturated heterocycles. The minimum Gasteiger partial charge on any atom is -0.485 e. The molecule has 8 nitrogen and oxygen atoms in total. The van der Waals surface area contributed by atoms with Crippen LogP contribution in [0.2, 0.25) is 0 Å². The molecule has 0 spiro atoms. The number of furan rings is 1. The van der Waals surface area contributed by atoms with Gasteiger partial charge in [-0.05, 0) is 42.3 Å². The number of para-hydroxylation sites is 2. The lowest BCUT2D eigenvalue weighted by Gasteiger charge is -2.09. The van der Waals surface area contributed by atoms with Crippen LogP contribution in [0.3, 0.4) is 0 Å². The van der Waals surface area contributed by atoms with Crippen LogP contribution in [-0.2, 0) is 22.6 Å². The van der Waals surface area contributed by atoms with Crippen LogP contribution in [0.1, 0.15) is 27.4 Å². The molecule has 2 N–H and O–H groups in total. The van der Waals surface area contributed by atoms with Gasteiger partial charge in [0.1, 0.15) is 29.8 Å². The summed E-state index contributed by atoms with van der Waals surface area (Å²) in [6, 6.07) is 20.1. The average Bonchev–Trinajstić information content (AvgIpc) is 3.53. The number of ether oxygens (including phenoxy) is 2. The maximum Gasteiger partial charge on any atom is 0.373 e. The zero-order chi connectivity index (χ0) is 24.6. The van der Waals surface area contributed by atoms with E-state index >= 15 is 0 Å². The number of rotatable bonds is 9. The summed E-state index contributed by atoms with van der Waals surface area (Å²) in [6.07, 6.45) is 4.04. The Bertz CT molecular complexity index is 1420. The van der Waals surface area contributed by atoms with Crippen molar-refractivity contribution in [1.82, 2.24) is 10.3 Å². The van der Waals surface area contributed by atoms with Crippen LogP contribution >= 0.6 is 0 Å². The Labute approximate surface area is 201 Å². The molecule has 4 rings (SSSR count). The number of hydrogen-bond donors (Lipinski definition) is 2. The van der Waals surface area contributed by atoms with E-state index in [0.717, 1.165) is 16.5 Å². The summed E-state index contributed by atoms with van der Waals surface area (Å²) in [4.78, 5) is 27.4. The average molecular weight is 469 g/mol. The molecule has 0 fully saturated rings. The summed E-state index contributed by atoms with van der Waals surface area (Å²) in [7, 11) is 1.27. The highest BCUT2D eigenvalue weighted by Crippen LogP contribution is 2.23. The van der Waals surface area contributed by atoms with E-state index < -0.39 is 11.9 Å². The fourth-order valence-corrected chi connectivity index (χ4v) is 3.59. The third kappa shape index (κ3) is 5.60. The summed E-state index contributed by atoms with van der Waals surface area (Å²) >= 11 is 0. The summed E-state index contributed by atoms with van der Waals surface area (Å²) in [5, 5.41) is 13.5. The van der Waals surface area contributed by atoms with E-state index in [1.54, 1.807) is 30.3 Å². The predicted molar refractivity (Wildman–Crippen MR) is 129 cm³/mol. The molecule has 4 aromatic rings. The molecule has 2 aromatic heterocycles. The molecule has 0 unspecified atom stereocenters. The Morgan fingerprint density at radius 3 is 2.74 bits per heavy atom. The van der Waals surface area contributed by atoms with Gasteiger partial charge in [0.15, 0.2) is 0 Å². The van der Waals surface area contributed by atoms with Gasteiger partial charge in [-0.2, -0.15) is 5.26 Å². The molecule has 176 valence electrons. The topological polar surface area (TPSA) is 117 Å². The van der Waals surface area contributed by atoms with Crippen molar-refractivity contribution in [2.75, 3.05) is 13.7 Å². The second-order valence-electron chi connectivity index (χ2n) is 7.62. The number of nitrogens with one attached hydrogen (secondary N) is 2. The van der Waals surface area contributed by atoms with Crippen molar-refractivity contribution < 1.29 is 23.5 Å². The zero-order valence-corrected chi connectivity index (χ0v) is 19.0. The highest BCUT2D eigenvalue weighted by atomic mass is 16.5. The molecule has 0 bridgehead atoms. The van der Waals surface area contributed by atoms with Gasteiger partial charge in [-0.15, -0.1) is 0 Å². The number of H-pyrrole nitrogens is 1. The number of nitrogens with zero attached hydrogens (tertiary/aromatic N) is 1. The number of carbonyl (C=O) groups is 2. The number of esters is 1. The predicted octanol–water partition coefficient (Wildman–Crippen LogP) is 4.39. The first-order chi connectivity index (χ1) is 17.1. The lowest BCUT2D eigenvalue weighted by molar-refractivity contribution is -0.117. The minimum atomic E-state index is -0.575. The molecule has 0 atom stereocenters. The van der Waals surface area contributed by atoms with Gasteiger partial charge in [-0.3, -0.25) is 4.79 Å². The van der Waals surface area contributed by atoms with Crippen LogP contribution in [-0.4, -0.2) is 30.5 Å². The SMILES string of the molecule is COC(=O)c1ccc(COc2ccccc2/C=C(/C#N)C(=O)NCCc2c[nH]c3ccccc23)o1. The highest BCUT2D eigenvalue weighted by Gasteiger charge is 2.14. The third-order valence-electron chi connectivity index (χ3n) is 5.36. The number of carbonyl (C=O) groups excluding carboxylic acids is 2. The van der Waals surface area contributed by atoms with Crippen molar-refractivity contribution in [2.24, 2.45) is 0 Å². The van der Waals surface area contributed by atoms with Crippen LogP contribution in [0.5, 0.6) is 5.75 Å². The lowest BCUT2D eigenvalue weighted by Crippen LogP contribution is -2.26. The van der Waals surface area contributed by atoms with Crippen molar-refractivity contribution >= 4 is 28.9 Å². The maximum absolute atomic E-state index is 12.6. The number of benzene rings is 2. The van der Waals surface area contributed by atoms with Crippen molar-refractivity contribution in [3.8, 4) is 11.8 Å². The Morgan fingerprint density at radius 2 is 1.91 bits per heavy atom. The number of nitriles is 1. The molecular weight excluding hydrogens is 446 g/mol.